The first-order valence-electron chi connectivity index (χ1n) is 14.6. The first-order chi connectivity index (χ1) is 21.5. The Labute approximate surface area is 255 Å². The molecular formula is C38H28N2O4. The highest BCUT2D eigenvalue weighted by Crippen LogP contribution is 2.40. The van der Waals surface area contributed by atoms with Crippen molar-refractivity contribution < 1.29 is 19.1 Å². The van der Waals surface area contributed by atoms with Gasteiger partial charge in [-0.15, -0.1) is 0 Å². The minimum absolute atomic E-state index is 0.193. The van der Waals surface area contributed by atoms with Crippen molar-refractivity contribution in [3.63, 3.8) is 0 Å². The SMILES string of the molecule is CCOC(=O)c1cc(Nc2ccc3c(c2)Cc2ccccc2-3)c(C(=O)C=C=O)cc1Nc1ccc2c(c1)Cc1ccccc1-2. The maximum absolute atomic E-state index is 13.2. The molecule has 214 valence electrons. The lowest BCUT2D eigenvalue weighted by molar-refractivity contribution is 0.0527. The zero-order chi connectivity index (χ0) is 30.2. The third-order valence-electron chi connectivity index (χ3n) is 8.25. The van der Waals surface area contributed by atoms with Gasteiger partial charge in [-0.1, -0.05) is 60.7 Å². The minimum atomic E-state index is -0.529. The number of nitrogens with one attached hydrogen (secondary N) is 2. The summed E-state index contributed by atoms with van der Waals surface area (Å²) in [6, 6.07) is 32.0. The van der Waals surface area contributed by atoms with Gasteiger partial charge < -0.3 is 15.4 Å². The molecule has 0 amide bonds. The highest BCUT2D eigenvalue weighted by Gasteiger charge is 2.23. The molecule has 2 aliphatic carbocycles. The monoisotopic (exact) mass is 576 g/mol. The van der Waals surface area contributed by atoms with Gasteiger partial charge in [-0.05, 0) is 101 Å². The number of esters is 1. The smallest absolute Gasteiger partial charge is 0.340 e. The number of allylic oxidation sites excluding steroid dienone is 1. The van der Waals surface area contributed by atoms with Gasteiger partial charge >= 0.3 is 5.97 Å². The number of ether oxygens (including phenoxy) is 1. The van der Waals surface area contributed by atoms with Crippen LogP contribution in [0.4, 0.5) is 22.7 Å². The van der Waals surface area contributed by atoms with E-state index in [0.29, 0.717) is 11.4 Å². The first-order valence-corrected chi connectivity index (χ1v) is 14.6. The second-order valence-electron chi connectivity index (χ2n) is 11.0. The van der Waals surface area contributed by atoms with Crippen molar-refractivity contribution in [2.45, 2.75) is 19.8 Å². The van der Waals surface area contributed by atoms with Crippen molar-refractivity contribution in [3.05, 3.63) is 137 Å². The van der Waals surface area contributed by atoms with Gasteiger partial charge in [-0.25, -0.2) is 9.59 Å². The molecule has 2 N–H and O–H groups in total. The van der Waals surface area contributed by atoms with Crippen LogP contribution in [0.25, 0.3) is 22.3 Å². The van der Waals surface area contributed by atoms with Gasteiger partial charge in [-0.2, -0.15) is 0 Å². The van der Waals surface area contributed by atoms with Gasteiger partial charge in [0.25, 0.3) is 0 Å². The summed E-state index contributed by atoms with van der Waals surface area (Å²) >= 11 is 0. The van der Waals surface area contributed by atoms with E-state index in [9.17, 15) is 14.4 Å². The van der Waals surface area contributed by atoms with E-state index in [1.165, 1.54) is 44.5 Å². The van der Waals surface area contributed by atoms with E-state index in [0.717, 1.165) is 30.3 Å². The standard InChI is InChI=1S/C38H28N2O4/c1-2-44-38(43)34-22-35(39-27-11-13-31-25(19-27)17-23-7-3-5-9-29(23)31)33(37(42)15-16-41)21-36(34)40-28-12-14-32-26(20-28)18-24-8-4-6-10-30(24)32/h3-15,19-22,39-40H,2,17-18H2,1H3. The van der Waals surface area contributed by atoms with Crippen LogP contribution in [0.15, 0.2) is 103 Å². The molecule has 0 aliphatic heterocycles. The van der Waals surface area contributed by atoms with E-state index in [2.05, 4.69) is 59.2 Å². The average molecular weight is 577 g/mol. The molecule has 0 aromatic heterocycles. The summed E-state index contributed by atoms with van der Waals surface area (Å²) in [5.41, 5.74) is 12.5. The molecule has 0 spiro atoms. The number of anilines is 4. The van der Waals surface area contributed by atoms with Crippen LogP contribution in [0.2, 0.25) is 0 Å². The fourth-order valence-electron chi connectivity index (χ4n) is 6.28. The fourth-order valence-corrected chi connectivity index (χ4v) is 6.28. The van der Waals surface area contributed by atoms with Crippen LogP contribution in [0.1, 0.15) is 49.9 Å². The van der Waals surface area contributed by atoms with Crippen LogP contribution in [0.3, 0.4) is 0 Å². The predicted molar refractivity (Wildman–Crippen MR) is 173 cm³/mol. The van der Waals surface area contributed by atoms with E-state index in [4.69, 9.17) is 4.74 Å². The van der Waals surface area contributed by atoms with Crippen molar-refractivity contribution in [2.75, 3.05) is 17.2 Å². The molecule has 0 bridgehead atoms. The van der Waals surface area contributed by atoms with Crippen LogP contribution in [-0.4, -0.2) is 24.3 Å². The van der Waals surface area contributed by atoms with Crippen LogP contribution in [0.5, 0.6) is 0 Å². The van der Waals surface area contributed by atoms with Crippen LogP contribution >= 0.6 is 0 Å². The van der Waals surface area contributed by atoms with Gasteiger partial charge in [-0.3, -0.25) is 4.79 Å². The Morgan fingerprint density at radius 3 is 1.73 bits per heavy atom. The number of rotatable bonds is 8. The topological polar surface area (TPSA) is 84.5 Å². The number of hydrogen-bond donors (Lipinski definition) is 2. The Kier molecular flexibility index (Phi) is 6.89. The van der Waals surface area contributed by atoms with Gasteiger partial charge in [0, 0.05) is 16.9 Å². The normalized spacial score (nSPS) is 11.8. The van der Waals surface area contributed by atoms with E-state index in [-0.39, 0.29) is 17.7 Å². The molecule has 0 radical (unpaired) electrons. The molecule has 0 heterocycles. The molecule has 6 heteroatoms. The molecular weight excluding hydrogens is 548 g/mol. The van der Waals surface area contributed by atoms with Gasteiger partial charge in [0.15, 0.2) is 5.78 Å². The molecule has 5 aromatic carbocycles. The lowest BCUT2D eigenvalue weighted by Gasteiger charge is -2.18. The van der Waals surface area contributed by atoms with Crippen molar-refractivity contribution >= 4 is 40.4 Å². The third-order valence-corrected chi connectivity index (χ3v) is 8.25. The number of carbonyl (C=O) groups is 2. The number of benzene rings is 5. The zero-order valence-electron chi connectivity index (χ0n) is 24.1. The predicted octanol–water partition coefficient (Wildman–Crippen LogP) is 8.06. The second kappa shape index (κ2) is 11.2. The van der Waals surface area contributed by atoms with E-state index in [1.807, 2.05) is 36.4 Å². The molecule has 5 aromatic rings. The van der Waals surface area contributed by atoms with Crippen LogP contribution in [-0.2, 0) is 22.4 Å². The Hall–Kier alpha value is -5.71. The zero-order valence-corrected chi connectivity index (χ0v) is 24.1. The minimum Gasteiger partial charge on any atom is -0.462 e. The number of hydrogen-bond acceptors (Lipinski definition) is 6. The molecule has 0 unspecified atom stereocenters. The largest absolute Gasteiger partial charge is 0.462 e. The number of carbonyl (C=O) groups excluding carboxylic acids is 3. The van der Waals surface area contributed by atoms with Gasteiger partial charge in [0.2, 0.25) is 0 Å². The van der Waals surface area contributed by atoms with E-state index >= 15 is 0 Å². The van der Waals surface area contributed by atoms with Gasteiger partial charge in [0.1, 0.15) is 5.94 Å². The Morgan fingerprint density at radius 2 is 1.18 bits per heavy atom. The molecule has 0 saturated heterocycles. The molecule has 6 nitrogen and oxygen atoms in total. The fraction of sp³-hybridized carbons (Fsp3) is 0.105. The quantitative estimate of drug-likeness (QED) is 0.0824. The van der Waals surface area contributed by atoms with E-state index in [1.54, 1.807) is 25.0 Å². The number of ketones is 1. The van der Waals surface area contributed by atoms with Crippen LogP contribution in [0, 0.1) is 0 Å². The Bertz CT molecular complexity index is 2040. The summed E-state index contributed by atoms with van der Waals surface area (Å²) in [6.45, 7) is 1.94. The molecule has 0 fully saturated rings. The summed E-state index contributed by atoms with van der Waals surface area (Å²) in [4.78, 5) is 37.6. The first kappa shape index (κ1) is 27.1. The van der Waals surface area contributed by atoms with Crippen LogP contribution < -0.4 is 10.6 Å². The molecule has 7 rings (SSSR count). The van der Waals surface area contributed by atoms with Crippen molar-refractivity contribution in [1.29, 1.82) is 0 Å². The van der Waals surface area contributed by atoms with Crippen molar-refractivity contribution in [1.82, 2.24) is 0 Å². The molecule has 2 aliphatic rings. The molecule has 0 saturated carbocycles. The van der Waals surface area contributed by atoms with Crippen molar-refractivity contribution in [3.8, 4) is 22.3 Å². The summed E-state index contributed by atoms with van der Waals surface area (Å²) < 4.78 is 5.41. The lowest BCUT2D eigenvalue weighted by atomic mass is 10.0. The Balaban J connectivity index is 1.27. The molecule has 0 atom stereocenters. The number of fused-ring (bicyclic) bond motifs is 6. The maximum atomic E-state index is 13.2. The van der Waals surface area contributed by atoms with Crippen molar-refractivity contribution in [2.24, 2.45) is 0 Å². The highest BCUT2D eigenvalue weighted by molar-refractivity contribution is 6.14. The van der Waals surface area contributed by atoms with Gasteiger partial charge in [0.05, 0.1) is 29.6 Å². The lowest BCUT2D eigenvalue weighted by Crippen LogP contribution is -2.12. The average Bonchev–Trinajstić information content (AvgIpc) is 3.59. The third kappa shape index (κ3) is 4.87. The molecule has 44 heavy (non-hydrogen) atoms. The summed E-state index contributed by atoms with van der Waals surface area (Å²) in [5, 5.41) is 6.68. The van der Waals surface area contributed by atoms with E-state index < -0.39 is 11.8 Å². The summed E-state index contributed by atoms with van der Waals surface area (Å²) in [6.07, 6.45) is 2.48. The summed E-state index contributed by atoms with van der Waals surface area (Å²) in [5.74, 6) is 0.545. The summed E-state index contributed by atoms with van der Waals surface area (Å²) in [7, 11) is 0. The Morgan fingerprint density at radius 1 is 0.682 bits per heavy atom. The second-order valence-corrected chi connectivity index (χ2v) is 11.0. The highest BCUT2D eigenvalue weighted by atomic mass is 16.5. The maximum Gasteiger partial charge on any atom is 0.340 e.